The highest BCUT2D eigenvalue weighted by atomic mass is 16.5. The van der Waals surface area contributed by atoms with Gasteiger partial charge in [-0.05, 0) is 77.0 Å². The molecule has 0 spiro atoms. The van der Waals surface area contributed by atoms with Gasteiger partial charge in [-0.1, -0.05) is 340 Å². The molecular weight excluding hydrogens is 971 g/mol. The van der Waals surface area contributed by atoms with Crippen LogP contribution in [-0.4, -0.2) is 47.4 Å². The van der Waals surface area contributed by atoms with Gasteiger partial charge in [-0.15, -0.1) is 0 Å². The zero-order chi connectivity index (χ0) is 57.1. The van der Waals surface area contributed by atoms with Crippen LogP contribution < -0.4 is 5.32 Å². The summed E-state index contributed by atoms with van der Waals surface area (Å²) in [5, 5.41) is 23.3. The van der Waals surface area contributed by atoms with Crippen LogP contribution in [0.3, 0.4) is 0 Å². The van der Waals surface area contributed by atoms with E-state index in [0.29, 0.717) is 25.9 Å². The zero-order valence-corrected chi connectivity index (χ0v) is 53.6. The average Bonchev–Trinajstić information content (AvgIpc) is 3.45. The number of hydrogen-bond acceptors (Lipinski definition) is 5. The molecule has 0 aromatic heterocycles. The highest BCUT2D eigenvalue weighted by molar-refractivity contribution is 5.76. The standard InChI is InChI=1S/C73H141NO5/c1-3-5-7-9-11-13-15-17-19-20-36-39-43-47-51-55-59-63-67-73(78)79-68-64-60-56-52-48-44-40-37-34-32-30-28-26-24-22-21-23-25-27-29-31-33-35-38-42-46-50-54-58-62-66-72(77)74-70(69-75)71(76)65-61-57-53-49-45-41-18-16-14-12-10-8-6-4-2/h19-20,22,24,70-71,75-76H,3-18,21,23,25-69H2,1-2H3,(H,74,77)/b20-19-,24-22-. The monoisotopic (exact) mass is 1110 g/mol. The van der Waals surface area contributed by atoms with Gasteiger partial charge in [0.1, 0.15) is 0 Å². The molecule has 0 saturated heterocycles. The summed E-state index contributed by atoms with van der Waals surface area (Å²) in [6.07, 6.45) is 86.6. The minimum atomic E-state index is -0.662. The number of aliphatic hydroxyl groups excluding tert-OH is 2. The van der Waals surface area contributed by atoms with E-state index in [4.69, 9.17) is 4.74 Å². The lowest BCUT2D eigenvalue weighted by molar-refractivity contribution is -0.143. The van der Waals surface area contributed by atoms with Crippen LogP contribution in [0.4, 0.5) is 0 Å². The van der Waals surface area contributed by atoms with Crippen molar-refractivity contribution in [1.82, 2.24) is 5.32 Å². The summed E-state index contributed by atoms with van der Waals surface area (Å²) >= 11 is 0. The second kappa shape index (κ2) is 68.8. The van der Waals surface area contributed by atoms with Crippen LogP contribution in [0.5, 0.6) is 0 Å². The molecule has 6 heteroatoms. The molecule has 0 aliphatic rings. The molecule has 0 bridgehead atoms. The summed E-state index contributed by atoms with van der Waals surface area (Å²) in [5.74, 6) is -0.0160. The number of amides is 1. The van der Waals surface area contributed by atoms with Gasteiger partial charge in [0.15, 0.2) is 0 Å². The molecule has 2 atom stereocenters. The number of aliphatic hydroxyl groups is 2. The predicted octanol–water partition coefficient (Wildman–Crippen LogP) is 23.3. The van der Waals surface area contributed by atoms with Crippen LogP contribution in [0.25, 0.3) is 0 Å². The summed E-state index contributed by atoms with van der Waals surface area (Å²) in [6.45, 7) is 4.98. The van der Waals surface area contributed by atoms with Gasteiger partial charge in [-0.3, -0.25) is 9.59 Å². The maximum atomic E-state index is 12.5. The van der Waals surface area contributed by atoms with E-state index in [0.717, 1.165) is 44.9 Å². The minimum absolute atomic E-state index is 0.0150. The number of nitrogens with one attached hydrogen (secondary N) is 1. The smallest absolute Gasteiger partial charge is 0.305 e. The van der Waals surface area contributed by atoms with Gasteiger partial charge in [-0.2, -0.15) is 0 Å². The number of unbranched alkanes of at least 4 members (excludes halogenated alkanes) is 53. The second-order valence-corrected chi connectivity index (χ2v) is 24.9. The Morgan fingerprint density at radius 3 is 0.899 bits per heavy atom. The lowest BCUT2D eigenvalue weighted by Gasteiger charge is -2.22. The Labute approximate surface area is 494 Å². The quantitative estimate of drug-likeness (QED) is 0.0320. The second-order valence-electron chi connectivity index (χ2n) is 24.9. The first-order valence-electron chi connectivity index (χ1n) is 36.1. The third kappa shape index (κ3) is 65.4. The Hall–Kier alpha value is -1.66. The molecule has 0 rings (SSSR count). The first kappa shape index (κ1) is 77.3. The molecule has 0 aromatic rings. The zero-order valence-electron chi connectivity index (χ0n) is 53.6. The van der Waals surface area contributed by atoms with E-state index in [2.05, 4.69) is 43.5 Å². The maximum absolute atomic E-state index is 12.5. The van der Waals surface area contributed by atoms with Gasteiger partial charge >= 0.3 is 5.97 Å². The third-order valence-electron chi connectivity index (χ3n) is 17.0. The van der Waals surface area contributed by atoms with Gasteiger partial charge in [0.2, 0.25) is 5.91 Å². The lowest BCUT2D eigenvalue weighted by atomic mass is 10.0. The highest BCUT2D eigenvalue weighted by Gasteiger charge is 2.20. The largest absolute Gasteiger partial charge is 0.466 e. The summed E-state index contributed by atoms with van der Waals surface area (Å²) in [5.41, 5.74) is 0. The van der Waals surface area contributed by atoms with Crippen molar-refractivity contribution >= 4 is 11.9 Å². The van der Waals surface area contributed by atoms with Crippen molar-refractivity contribution < 1.29 is 24.5 Å². The summed E-state index contributed by atoms with van der Waals surface area (Å²) < 4.78 is 5.51. The minimum Gasteiger partial charge on any atom is -0.466 e. The normalized spacial score (nSPS) is 12.6. The molecule has 0 aliphatic carbocycles. The van der Waals surface area contributed by atoms with E-state index < -0.39 is 12.1 Å². The van der Waals surface area contributed by atoms with Gasteiger partial charge < -0.3 is 20.3 Å². The SMILES string of the molecule is CCCCCCCCC/C=C\CCCCCCCCCC(=O)OCCCCCCCCCCCCCC/C=C\CCCCCCCCCCCCCCCCC(=O)NC(CO)C(O)CCCCCCCCCCCCCCCC. The van der Waals surface area contributed by atoms with Gasteiger partial charge in [0.05, 0.1) is 25.4 Å². The lowest BCUT2D eigenvalue weighted by Crippen LogP contribution is -2.45. The van der Waals surface area contributed by atoms with E-state index in [1.807, 2.05) is 0 Å². The van der Waals surface area contributed by atoms with Crippen LogP contribution >= 0.6 is 0 Å². The fourth-order valence-corrected chi connectivity index (χ4v) is 11.5. The molecular formula is C73H141NO5. The van der Waals surface area contributed by atoms with Crippen LogP contribution in [0.2, 0.25) is 0 Å². The number of ether oxygens (including phenoxy) is 1. The van der Waals surface area contributed by atoms with E-state index in [-0.39, 0.29) is 18.5 Å². The molecule has 0 radical (unpaired) electrons. The Morgan fingerprint density at radius 1 is 0.342 bits per heavy atom. The average molecular weight is 1110 g/mol. The Morgan fingerprint density at radius 2 is 0.595 bits per heavy atom. The van der Waals surface area contributed by atoms with E-state index in [1.165, 1.54) is 327 Å². The molecule has 0 heterocycles. The first-order valence-corrected chi connectivity index (χ1v) is 36.1. The van der Waals surface area contributed by atoms with E-state index in [9.17, 15) is 19.8 Å². The molecule has 0 fully saturated rings. The predicted molar refractivity (Wildman–Crippen MR) is 347 cm³/mol. The Kier molecular flexibility index (Phi) is 67.4. The molecule has 1 amide bonds. The molecule has 2 unspecified atom stereocenters. The molecule has 468 valence electrons. The van der Waals surface area contributed by atoms with Crippen molar-refractivity contribution in [3.05, 3.63) is 24.3 Å². The van der Waals surface area contributed by atoms with Crippen LogP contribution in [0, 0.1) is 0 Å². The summed E-state index contributed by atoms with van der Waals surface area (Å²) in [4.78, 5) is 24.6. The van der Waals surface area contributed by atoms with Crippen molar-refractivity contribution in [3.63, 3.8) is 0 Å². The number of allylic oxidation sites excluding steroid dienone is 4. The number of hydrogen-bond donors (Lipinski definition) is 3. The van der Waals surface area contributed by atoms with Crippen LogP contribution in [0.15, 0.2) is 24.3 Å². The van der Waals surface area contributed by atoms with Crippen LogP contribution in [0.1, 0.15) is 406 Å². The highest BCUT2D eigenvalue weighted by Crippen LogP contribution is 2.19. The number of rotatable bonds is 68. The Bertz CT molecular complexity index is 1230. The van der Waals surface area contributed by atoms with Crippen LogP contribution in [-0.2, 0) is 14.3 Å². The molecule has 6 nitrogen and oxygen atoms in total. The maximum Gasteiger partial charge on any atom is 0.305 e. The van der Waals surface area contributed by atoms with Crippen molar-refractivity contribution in [2.75, 3.05) is 13.2 Å². The number of carbonyl (C=O) groups is 2. The molecule has 79 heavy (non-hydrogen) atoms. The molecule has 0 aromatic carbocycles. The fraction of sp³-hybridized carbons (Fsp3) is 0.918. The van der Waals surface area contributed by atoms with Crippen molar-refractivity contribution in [3.8, 4) is 0 Å². The summed E-state index contributed by atoms with van der Waals surface area (Å²) in [7, 11) is 0. The third-order valence-corrected chi connectivity index (χ3v) is 17.0. The topological polar surface area (TPSA) is 95.9 Å². The van der Waals surface area contributed by atoms with E-state index >= 15 is 0 Å². The summed E-state index contributed by atoms with van der Waals surface area (Å²) in [6, 6.07) is -0.540. The van der Waals surface area contributed by atoms with E-state index in [1.54, 1.807) is 0 Å². The van der Waals surface area contributed by atoms with Crippen molar-refractivity contribution in [1.29, 1.82) is 0 Å². The van der Waals surface area contributed by atoms with Gasteiger partial charge in [-0.25, -0.2) is 0 Å². The first-order chi connectivity index (χ1) is 39.0. The Balaban J connectivity index is 3.34. The molecule has 0 aliphatic heterocycles. The number of carbonyl (C=O) groups excluding carboxylic acids is 2. The number of esters is 1. The van der Waals surface area contributed by atoms with Gasteiger partial charge in [0, 0.05) is 12.8 Å². The molecule has 3 N–H and O–H groups in total. The van der Waals surface area contributed by atoms with Crippen molar-refractivity contribution in [2.24, 2.45) is 0 Å². The fourth-order valence-electron chi connectivity index (χ4n) is 11.5. The van der Waals surface area contributed by atoms with Gasteiger partial charge in [0.25, 0.3) is 0 Å². The molecule has 0 saturated carbocycles. The van der Waals surface area contributed by atoms with Crippen molar-refractivity contribution in [2.45, 2.75) is 418 Å².